The van der Waals surface area contributed by atoms with Crippen molar-refractivity contribution in [3.8, 4) is 0 Å². The summed E-state index contributed by atoms with van der Waals surface area (Å²) in [5.41, 5.74) is 6.30. The second kappa shape index (κ2) is 4.18. The maximum Gasteiger partial charge on any atom is 0.111 e. The fourth-order valence-corrected chi connectivity index (χ4v) is 0.994. The van der Waals surface area contributed by atoms with Gasteiger partial charge in [0.25, 0.3) is 0 Å². The molecule has 0 fully saturated rings. The Bertz CT molecular complexity index is 225. The Labute approximate surface area is 72.2 Å². The maximum absolute atomic E-state index is 9.60. The van der Waals surface area contributed by atoms with Crippen LogP contribution in [0.4, 0.5) is 0 Å². The highest BCUT2D eigenvalue weighted by atomic mass is 16.3. The van der Waals surface area contributed by atoms with Crippen molar-refractivity contribution in [2.45, 2.75) is 25.5 Å². The third-order valence-corrected chi connectivity index (χ3v) is 1.87. The summed E-state index contributed by atoms with van der Waals surface area (Å²) in [6.07, 6.45) is 1.76. The zero-order valence-electron chi connectivity index (χ0n) is 7.14. The van der Waals surface area contributed by atoms with Crippen LogP contribution in [-0.4, -0.2) is 16.1 Å². The van der Waals surface area contributed by atoms with Crippen LogP contribution in [0, 0.1) is 0 Å². The average Bonchev–Trinajstić information content (AvgIpc) is 2.17. The molecule has 1 heterocycles. The van der Waals surface area contributed by atoms with Gasteiger partial charge in [0.2, 0.25) is 0 Å². The molecule has 0 bridgehead atoms. The van der Waals surface area contributed by atoms with Crippen molar-refractivity contribution in [2.75, 3.05) is 0 Å². The molecule has 3 heteroatoms. The minimum Gasteiger partial charge on any atom is -0.385 e. The van der Waals surface area contributed by atoms with Gasteiger partial charge in [-0.15, -0.1) is 0 Å². The zero-order valence-corrected chi connectivity index (χ0v) is 7.14. The SMILES string of the molecule is CCC(N)C(O)c1ccccn1. The quantitative estimate of drug-likeness (QED) is 0.700. The van der Waals surface area contributed by atoms with Crippen LogP contribution >= 0.6 is 0 Å². The summed E-state index contributed by atoms with van der Waals surface area (Å²) in [6, 6.07) is 5.21. The molecule has 0 radical (unpaired) electrons. The average molecular weight is 166 g/mol. The standard InChI is InChI=1S/C9H14N2O/c1-2-7(10)9(12)8-5-3-4-6-11-8/h3-7,9,12H,2,10H2,1H3. The van der Waals surface area contributed by atoms with Crippen molar-refractivity contribution in [3.05, 3.63) is 30.1 Å². The van der Waals surface area contributed by atoms with E-state index in [1.54, 1.807) is 12.3 Å². The Morgan fingerprint density at radius 2 is 2.33 bits per heavy atom. The lowest BCUT2D eigenvalue weighted by Gasteiger charge is -2.15. The van der Waals surface area contributed by atoms with E-state index in [-0.39, 0.29) is 6.04 Å². The molecule has 0 aliphatic carbocycles. The van der Waals surface area contributed by atoms with Crippen molar-refractivity contribution < 1.29 is 5.11 Å². The largest absolute Gasteiger partial charge is 0.385 e. The molecule has 66 valence electrons. The fraction of sp³-hybridized carbons (Fsp3) is 0.444. The van der Waals surface area contributed by atoms with Crippen LogP contribution in [0.25, 0.3) is 0 Å². The molecule has 2 atom stereocenters. The highest BCUT2D eigenvalue weighted by Gasteiger charge is 2.15. The van der Waals surface area contributed by atoms with Crippen LogP contribution in [0.1, 0.15) is 25.1 Å². The predicted octanol–water partition coefficient (Wildman–Crippen LogP) is 0.852. The first-order valence-corrected chi connectivity index (χ1v) is 4.10. The molecule has 0 aliphatic heterocycles. The van der Waals surface area contributed by atoms with E-state index in [0.29, 0.717) is 5.69 Å². The first-order chi connectivity index (χ1) is 5.75. The van der Waals surface area contributed by atoms with Crippen LogP contribution in [0.15, 0.2) is 24.4 Å². The van der Waals surface area contributed by atoms with E-state index in [9.17, 15) is 5.11 Å². The summed E-state index contributed by atoms with van der Waals surface area (Å²) >= 11 is 0. The number of aliphatic hydroxyl groups excluding tert-OH is 1. The lowest BCUT2D eigenvalue weighted by Crippen LogP contribution is -2.27. The molecular formula is C9H14N2O. The summed E-state index contributed by atoms with van der Waals surface area (Å²) < 4.78 is 0. The van der Waals surface area contributed by atoms with Crippen LogP contribution in [0.2, 0.25) is 0 Å². The van der Waals surface area contributed by atoms with E-state index in [1.807, 2.05) is 19.1 Å². The number of nitrogens with two attached hydrogens (primary N) is 1. The maximum atomic E-state index is 9.60. The third kappa shape index (κ3) is 2.03. The molecule has 0 aliphatic rings. The molecular weight excluding hydrogens is 152 g/mol. The Hall–Kier alpha value is -0.930. The summed E-state index contributed by atoms with van der Waals surface area (Å²) in [6.45, 7) is 1.94. The van der Waals surface area contributed by atoms with E-state index >= 15 is 0 Å². The smallest absolute Gasteiger partial charge is 0.111 e. The molecule has 3 nitrogen and oxygen atoms in total. The molecule has 0 aromatic carbocycles. The van der Waals surface area contributed by atoms with Crippen LogP contribution in [-0.2, 0) is 0 Å². The van der Waals surface area contributed by atoms with Gasteiger partial charge >= 0.3 is 0 Å². The molecule has 3 N–H and O–H groups in total. The highest BCUT2D eigenvalue weighted by Crippen LogP contribution is 2.13. The predicted molar refractivity (Wildman–Crippen MR) is 47.5 cm³/mol. The van der Waals surface area contributed by atoms with Crippen LogP contribution in [0.3, 0.4) is 0 Å². The van der Waals surface area contributed by atoms with E-state index < -0.39 is 6.10 Å². The third-order valence-electron chi connectivity index (χ3n) is 1.87. The molecule has 0 amide bonds. The number of aliphatic hydroxyl groups is 1. The van der Waals surface area contributed by atoms with Gasteiger partial charge in [-0.3, -0.25) is 4.98 Å². The number of rotatable bonds is 3. The van der Waals surface area contributed by atoms with Gasteiger partial charge in [0.05, 0.1) is 5.69 Å². The topological polar surface area (TPSA) is 59.1 Å². The van der Waals surface area contributed by atoms with Crippen molar-refractivity contribution >= 4 is 0 Å². The highest BCUT2D eigenvalue weighted by molar-refractivity contribution is 5.08. The minimum absolute atomic E-state index is 0.222. The first-order valence-electron chi connectivity index (χ1n) is 4.10. The van der Waals surface area contributed by atoms with E-state index in [2.05, 4.69) is 4.98 Å². The van der Waals surface area contributed by atoms with Crippen LogP contribution in [0.5, 0.6) is 0 Å². The molecule has 1 aromatic heterocycles. The number of hydrogen-bond donors (Lipinski definition) is 2. The molecule has 1 rings (SSSR count). The normalized spacial score (nSPS) is 15.6. The van der Waals surface area contributed by atoms with Crippen LogP contribution < -0.4 is 5.73 Å². The summed E-state index contributed by atoms with van der Waals surface area (Å²) in [7, 11) is 0. The van der Waals surface area contributed by atoms with E-state index in [1.165, 1.54) is 0 Å². The van der Waals surface area contributed by atoms with Gasteiger partial charge in [-0.2, -0.15) is 0 Å². The van der Waals surface area contributed by atoms with Crippen molar-refractivity contribution in [2.24, 2.45) is 5.73 Å². The molecule has 2 unspecified atom stereocenters. The fourth-order valence-electron chi connectivity index (χ4n) is 0.994. The summed E-state index contributed by atoms with van der Waals surface area (Å²) in [5.74, 6) is 0. The number of nitrogens with zero attached hydrogens (tertiary/aromatic N) is 1. The van der Waals surface area contributed by atoms with Crippen molar-refractivity contribution in [1.82, 2.24) is 4.98 Å². The lowest BCUT2D eigenvalue weighted by molar-refractivity contribution is 0.140. The second-order valence-electron chi connectivity index (χ2n) is 2.77. The van der Waals surface area contributed by atoms with Gasteiger partial charge in [0, 0.05) is 12.2 Å². The van der Waals surface area contributed by atoms with Gasteiger partial charge in [0.1, 0.15) is 6.10 Å². The van der Waals surface area contributed by atoms with Gasteiger partial charge in [0.15, 0.2) is 0 Å². The van der Waals surface area contributed by atoms with Gasteiger partial charge in [-0.05, 0) is 18.6 Å². The van der Waals surface area contributed by atoms with Gasteiger partial charge < -0.3 is 10.8 Å². The second-order valence-corrected chi connectivity index (χ2v) is 2.77. The van der Waals surface area contributed by atoms with E-state index in [4.69, 9.17) is 5.73 Å². The number of aromatic nitrogens is 1. The zero-order chi connectivity index (χ0) is 8.97. The minimum atomic E-state index is -0.642. The van der Waals surface area contributed by atoms with E-state index in [0.717, 1.165) is 6.42 Å². The number of hydrogen-bond acceptors (Lipinski definition) is 3. The Kier molecular flexibility index (Phi) is 3.19. The molecule has 0 spiro atoms. The number of pyridine rings is 1. The van der Waals surface area contributed by atoms with Crippen molar-refractivity contribution in [3.63, 3.8) is 0 Å². The molecule has 12 heavy (non-hydrogen) atoms. The molecule has 0 saturated carbocycles. The molecule has 0 saturated heterocycles. The summed E-state index contributed by atoms with van der Waals surface area (Å²) in [5, 5.41) is 9.60. The Balaban J connectivity index is 2.71. The Morgan fingerprint density at radius 1 is 1.58 bits per heavy atom. The summed E-state index contributed by atoms with van der Waals surface area (Å²) in [4.78, 5) is 4.02. The first kappa shape index (κ1) is 9.16. The van der Waals surface area contributed by atoms with Gasteiger partial charge in [-0.25, -0.2) is 0 Å². The van der Waals surface area contributed by atoms with Gasteiger partial charge in [-0.1, -0.05) is 13.0 Å². The molecule has 1 aromatic rings. The Morgan fingerprint density at radius 3 is 2.83 bits per heavy atom. The van der Waals surface area contributed by atoms with Crippen molar-refractivity contribution in [1.29, 1.82) is 0 Å². The lowest BCUT2D eigenvalue weighted by atomic mass is 10.1. The monoisotopic (exact) mass is 166 g/mol.